The molecule has 1 fully saturated rings. The first-order chi connectivity index (χ1) is 7.59. The molecule has 0 saturated heterocycles. The maximum Gasteiger partial charge on any atom is 0.123 e. The first kappa shape index (κ1) is 11.4. The Morgan fingerprint density at radius 1 is 1.38 bits per heavy atom. The van der Waals surface area contributed by atoms with Gasteiger partial charge in [0.25, 0.3) is 0 Å². The molecule has 1 aliphatic carbocycles. The number of anilines is 1. The van der Waals surface area contributed by atoms with Crippen LogP contribution >= 0.6 is 0 Å². The summed E-state index contributed by atoms with van der Waals surface area (Å²) in [5, 5.41) is 13.4. The minimum Gasteiger partial charge on any atom is -0.388 e. The number of hydrogen-bond acceptors (Lipinski definition) is 2. The smallest absolute Gasteiger partial charge is 0.123 e. The van der Waals surface area contributed by atoms with Crippen molar-refractivity contribution in [2.75, 3.05) is 11.9 Å². The summed E-state index contributed by atoms with van der Waals surface area (Å²) >= 11 is 0. The van der Waals surface area contributed by atoms with E-state index in [9.17, 15) is 9.50 Å². The zero-order valence-corrected chi connectivity index (χ0v) is 9.59. The van der Waals surface area contributed by atoms with Crippen molar-refractivity contribution in [3.8, 4) is 0 Å². The zero-order valence-electron chi connectivity index (χ0n) is 9.59. The third-order valence-electron chi connectivity index (χ3n) is 3.33. The number of aliphatic hydroxyl groups is 1. The molecule has 3 heteroatoms. The van der Waals surface area contributed by atoms with E-state index in [1.807, 2.05) is 6.92 Å². The molecule has 16 heavy (non-hydrogen) atoms. The summed E-state index contributed by atoms with van der Waals surface area (Å²) in [7, 11) is 0. The van der Waals surface area contributed by atoms with Crippen LogP contribution in [0.1, 0.15) is 31.2 Å². The molecule has 0 aliphatic heterocycles. The average Bonchev–Trinajstić information content (AvgIpc) is 2.64. The van der Waals surface area contributed by atoms with E-state index >= 15 is 0 Å². The fourth-order valence-electron chi connectivity index (χ4n) is 2.30. The largest absolute Gasteiger partial charge is 0.388 e. The predicted molar refractivity (Wildman–Crippen MR) is 63.0 cm³/mol. The topological polar surface area (TPSA) is 32.3 Å². The van der Waals surface area contributed by atoms with Crippen molar-refractivity contribution in [3.63, 3.8) is 0 Å². The normalized spacial score (nSPS) is 18.7. The number of benzene rings is 1. The number of halogens is 1. The Morgan fingerprint density at radius 2 is 2.06 bits per heavy atom. The van der Waals surface area contributed by atoms with E-state index in [-0.39, 0.29) is 5.82 Å². The van der Waals surface area contributed by atoms with Gasteiger partial charge in [-0.3, -0.25) is 0 Å². The lowest BCUT2D eigenvalue weighted by molar-refractivity contribution is 0.0614. The molecule has 0 spiro atoms. The van der Waals surface area contributed by atoms with Crippen LogP contribution in [-0.4, -0.2) is 17.3 Å². The molecule has 88 valence electrons. The Morgan fingerprint density at radius 3 is 2.69 bits per heavy atom. The van der Waals surface area contributed by atoms with Crippen LogP contribution in [0, 0.1) is 12.7 Å². The molecule has 0 aromatic heterocycles. The van der Waals surface area contributed by atoms with Gasteiger partial charge in [0.2, 0.25) is 0 Å². The molecule has 0 amide bonds. The molecule has 0 bridgehead atoms. The van der Waals surface area contributed by atoms with Crippen LogP contribution in [0.5, 0.6) is 0 Å². The van der Waals surface area contributed by atoms with E-state index < -0.39 is 5.60 Å². The minimum atomic E-state index is -0.569. The molecule has 0 heterocycles. The molecule has 1 aliphatic rings. The maximum atomic E-state index is 12.9. The monoisotopic (exact) mass is 223 g/mol. The Balaban J connectivity index is 1.99. The Labute approximate surface area is 95.5 Å². The van der Waals surface area contributed by atoms with Gasteiger partial charge in [-0.15, -0.1) is 0 Å². The van der Waals surface area contributed by atoms with E-state index in [0.717, 1.165) is 36.9 Å². The summed E-state index contributed by atoms with van der Waals surface area (Å²) in [4.78, 5) is 0. The van der Waals surface area contributed by atoms with Crippen LogP contribution in [0.25, 0.3) is 0 Å². The molecule has 1 aromatic rings. The Bertz CT molecular complexity index is 372. The Hall–Kier alpha value is -1.09. The lowest BCUT2D eigenvalue weighted by Crippen LogP contribution is -2.33. The maximum absolute atomic E-state index is 12.9. The van der Waals surface area contributed by atoms with Crippen molar-refractivity contribution in [1.29, 1.82) is 0 Å². The highest BCUT2D eigenvalue weighted by atomic mass is 19.1. The van der Waals surface area contributed by atoms with Gasteiger partial charge in [0.1, 0.15) is 5.82 Å². The van der Waals surface area contributed by atoms with Crippen molar-refractivity contribution in [1.82, 2.24) is 0 Å². The van der Waals surface area contributed by atoms with Crippen LogP contribution in [0.2, 0.25) is 0 Å². The predicted octanol–water partition coefficient (Wildman–Crippen LogP) is 2.85. The molecule has 0 atom stereocenters. The summed E-state index contributed by atoms with van der Waals surface area (Å²) < 4.78 is 12.9. The molecule has 0 unspecified atom stereocenters. The van der Waals surface area contributed by atoms with Gasteiger partial charge >= 0.3 is 0 Å². The SMILES string of the molecule is Cc1cc(F)ccc1NCC1(O)CCCC1. The van der Waals surface area contributed by atoms with Crippen molar-refractivity contribution < 1.29 is 9.50 Å². The van der Waals surface area contributed by atoms with E-state index in [4.69, 9.17) is 0 Å². The molecule has 1 saturated carbocycles. The van der Waals surface area contributed by atoms with E-state index in [1.54, 1.807) is 6.07 Å². The van der Waals surface area contributed by atoms with Crippen LogP contribution in [-0.2, 0) is 0 Å². The highest BCUT2D eigenvalue weighted by Gasteiger charge is 2.30. The molecule has 2 N–H and O–H groups in total. The second-order valence-corrected chi connectivity index (χ2v) is 4.74. The van der Waals surface area contributed by atoms with E-state index in [0.29, 0.717) is 6.54 Å². The lowest BCUT2D eigenvalue weighted by atomic mass is 10.0. The molecular weight excluding hydrogens is 205 g/mol. The van der Waals surface area contributed by atoms with Crippen molar-refractivity contribution in [3.05, 3.63) is 29.6 Å². The number of rotatable bonds is 3. The number of nitrogens with one attached hydrogen (secondary N) is 1. The van der Waals surface area contributed by atoms with Crippen molar-refractivity contribution >= 4 is 5.69 Å². The minimum absolute atomic E-state index is 0.220. The fraction of sp³-hybridized carbons (Fsp3) is 0.538. The van der Waals surface area contributed by atoms with Crippen LogP contribution < -0.4 is 5.32 Å². The van der Waals surface area contributed by atoms with Gasteiger partial charge in [-0.1, -0.05) is 12.8 Å². The fourth-order valence-corrected chi connectivity index (χ4v) is 2.30. The van der Waals surface area contributed by atoms with Crippen molar-refractivity contribution in [2.45, 2.75) is 38.2 Å². The van der Waals surface area contributed by atoms with Gasteiger partial charge < -0.3 is 10.4 Å². The summed E-state index contributed by atoms with van der Waals surface area (Å²) in [6.07, 6.45) is 3.92. The number of hydrogen-bond donors (Lipinski definition) is 2. The molecule has 2 nitrogen and oxygen atoms in total. The second-order valence-electron chi connectivity index (χ2n) is 4.74. The number of aryl methyl sites for hydroxylation is 1. The standard InChI is InChI=1S/C13H18FNO/c1-10-8-11(14)4-5-12(10)15-9-13(16)6-2-3-7-13/h4-5,8,15-16H,2-3,6-7,9H2,1H3. The molecular formula is C13H18FNO. The molecule has 2 rings (SSSR count). The third kappa shape index (κ3) is 2.53. The summed E-state index contributed by atoms with van der Waals surface area (Å²) in [5.41, 5.74) is 1.21. The Kier molecular flexibility index (Phi) is 3.15. The van der Waals surface area contributed by atoms with Crippen molar-refractivity contribution in [2.24, 2.45) is 0 Å². The summed E-state index contributed by atoms with van der Waals surface area (Å²) in [5.74, 6) is -0.220. The van der Waals surface area contributed by atoms with Crippen LogP contribution in [0.15, 0.2) is 18.2 Å². The second kappa shape index (κ2) is 4.42. The highest BCUT2D eigenvalue weighted by Crippen LogP contribution is 2.30. The highest BCUT2D eigenvalue weighted by molar-refractivity contribution is 5.50. The van der Waals surface area contributed by atoms with E-state index in [1.165, 1.54) is 12.1 Å². The van der Waals surface area contributed by atoms with Gasteiger partial charge in [0.05, 0.1) is 5.60 Å². The molecule has 1 aromatic carbocycles. The average molecular weight is 223 g/mol. The zero-order chi connectivity index (χ0) is 11.6. The van der Waals surface area contributed by atoms with E-state index in [2.05, 4.69) is 5.32 Å². The van der Waals surface area contributed by atoms with Gasteiger partial charge in [-0.25, -0.2) is 4.39 Å². The van der Waals surface area contributed by atoms with Gasteiger partial charge in [-0.2, -0.15) is 0 Å². The third-order valence-corrected chi connectivity index (χ3v) is 3.33. The van der Waals surface area contributed by atoms with Gasteiger partial charge in [0, 0.05) is 12.2 Å². The van der Waals surface area contributed by atoms with Crippen LogP contribution in [0.3, 0.4) is 0 Å². The summed E-state index contributed by atoms with van der Waals surface area (Å²) in [6.45, 7) is 2.42. The molecule has 0 radical (unpaired) electrons. The van der Waals surface area contributed by atoms with Gasteiger partial charge in [-0.05, 0) is 43.5 Å². The lowest BCUT2D eigenvalue weighted by Gasteiger charge is -2.23. The first-order valence-corrected chi connectivity index (χ1v) is 5.81. The van der Waals surface area contributed by atoms with Crippen LogP contribution in [0.4, 0.5) is 10.1 Å². The van der Waals surface area contributed by atoms with Gasteiger partial charge in [0.15, 0.2) is 0 Å². The summed E-state index contributed by atoms with van der Waals surface area (Å²) in [6, 6.07) is 4.66. The first-order valence-electron chi connectivity index (χ1n) is 5.81. The quantitative estimate of drug-likeness (QED) is 0.825.